The van der Waals surface area contributed by atoms with Crippen molar-refractivity contribution >= 4 is 16.8 Å². The molecule has 0 spiro atoms. The van der Waals surface area contributed by atoms with Crippen LogP contribution in [0.2, 0.25) is 0 Å². The molecular weight excluding hydrogens is 329 g/mol. The molecule has 1 unspecified atom stereocenters. The third-order valence-corrected chi connectivity index (χ3v) is 4.89. The fraction of sp³-hybridized carbons (Fsp3) is 0.238. The van der Waals surface area contributed by atoms with Gasteiger partial charge in [-0.3, -0.25) is 9.78 Å². The number of hydrogen-bond donors (Lipinski definition) is 2. The van der Waals surface area contributed by atoms with E-state index < -0.39 is 0 Å². The van der Waals surface area contributed by atoms with Crippen molar-refractivity contribution in [3.8, 4) is 0 Å². The van der Waals surface area contributed by atoms with Crippen LogP contribution in [0.5, 0.6) is 0 Å². The molecule has 2 N–H and O–H groups in total. The summed E-state index contributed by atoms with van der Waals surface area (Å²) in [5, 5.41) is 7.22. The molecule has 0 saturated heterocycles. The second kappa shape index (κ2) is 6.84. The van der Waals surface area contributed by atoms with Crippen LogP contribution in [0.4, 0.5) is 4.39 Å². The van der Waals surface area contributed by atoms with E-state index in [-0.39, 0.29) is 17.8 Å². The smallest absolute Gasteiger partial charge is 0.253 e. The summed E-state index contributed by atoms with van der Waals surface area (Å²) in [4.78, 5) is 17.0. The summed E-state index contributed by atoms with van der Waals surface area (Å²) in [7, 11) is 0. The van der Waals surface area contributed by atoms with Gasteiger partial charge in [-0.25, -0.2) is 4.39 Å². The topological polar surface area (TPSA) is 54.0 Å². The van der Waals surface area contributed by atoms with Crippen molar-refractivity contribution in [3.63, 3.8) is 0 Å². The standard InChI is InChI=1S/C21H20FN3O/c1-13-19(9-15-6-7-17(22)10-20(15)25-13)21(26)24-12-18-8-14-4-2-3-5-16(14)11-23-18/h2-7,9-10,18,23H,8,11-12H2,1H3,(H,24,26). The maximum Gasteiger partial charge on any atom is 0.253 e. The Morgan fingerprint density at radius 3 is 2.88 bits per heavy atom. The van der Waals surface area contributed by atoms with Gasteiger partial charge in [0.15, 0.2) is 0 Å². The largest absolute Gasteiger partial charge is 0.350 e. The van der Waals surface area contributed by atoms with Gasteiger partial charge in [0.2, 0.25) is 0 Å². The number of aryl methyl sites for hydroxylation is 1. The second-order valence-corrected chi connectivity index (χ2v) is 6.72. The van der Waals surface area contributed by atoms with Gasteiger partial charge in [0, 0.05) is 30.6 Å². The molecule has 1 amide bonds. The van der Waals surface area contributed by atoms with Crippen molar-refractivity contribution in [1.29, 1.82) is 0 Å². The Morgan fingerprint density at radius 2 is 2.04 bits per heavy atom. The monoisotopic (exact) mass is 349 g/mol. The summed E-state index contributed by atoms with van der Waals surface area (Å²) in [5.74, 6) is -0.480. The minimum atomic E-state index is -0.328. The zero-order valence-electron chi connectivity index (χ0n) is 14.6. The molecule has 4 nitrogen and oxygen atoms in total. The number of carbonyl (C=O) groups is 1. The van der Waals surface area contributed by atoms with Crippen LogP contribution in [0.3, 0.4) is 0 Å². The van der Waals surface area contributed by atoms with Gasteiger partial charge >= 0.3 is 0 Å². The molecule has 5 heteroatoms. The van der Waals surface area contributed by atoms with Crippen LogP contribution < -0.4 is 10.6 Å². The number of halogens is 1. The number of pyridine rings is 1. The number of carbonyl (C=O) groups excluding carboxylic acids is 1. The van der Waals surface area contributed by atoms with Gasteiger partial charge in [-0.1, -0.05) is 24.3 Å². The summed E-state index contributed by atoms with van der Waals surface area (Å²) >= 11 is 0. The van der Waals surface area contributed by atoms with Crippen LogP contribution in [-0.2, 0) is 13.0 Å². The Bertz CT molecular complexity index is 986. The van der Waals surface area contributed by atoms with Crippen LogP contribution in [-0.4, -0.2) is 23.5 Å². The average Bonchev–Trinajstić information content (AvgIpc) is 2.65. The number of rotatable bonds is 3. The number of hydrogen-bond acceptors (Lipinski definition) is 3. The summed E-state index contributed by atoms with van der Waals surface area (Å²) in [6.07, 6.45) is 0.894. The number of nitrogens with zero attached hydrogens (tertiary/aromatic N) is 1. The molecule has 0 bridgehead atoms. The van der Waals surface area contributed by atoms with E-state index in [1.54, 1.807) is 19.1 Å². The van der Waals surface area contributed by atoms with Crippen molar-refractivity contribution in [2.45, 2.75) is 25.9 Å². The molecule has 2 heterocycles. The lowest BCUT2D eigenvalue weighted by atomic mass is 9.96. The third-order valence-electron chi connectivity index (χ3n) is 4.89. The van der Waals surface area contributed by atoms with Crippen LogP contribution >= 0.6 is 0 Å². The maximum absolute atomic E-state index is 13.3. The molecule has 0 fully saturated rings. The highest BCUT2D eigenvalue weighted by Crippen LogP contribution is 2.18. The van der Waals surface area contributed by atoms with Crippen molar-refractivity contribution in [2.24, 2.45) is 0 Å². The number of nitrogens with one attached hydrogen (secondary N) is 2. The van der Waals surface area contributed by atoms with Crippen molar-refractivity contribution in [3.05, 3.63) is 76.7 Å². The predicted octanol–water partition coefficient (Wildman–Crippen LogP) is 3.13. The zero-order chi connectivity index (χ0) is 18.1. The Balaban J connectivity index is 1.46. The maximum atomic E-state index is 13.3. The van der Waals surface area contributed by atoms with E-state index in [4.69, 9.17) is 0 Å². The van der Waals surface area contributed by atoms with Crippen molar-refractivity contribution in [1.82, 2.24) is 15.6 Å². The lowest BCUT2D eigenvalue weighted by Gasteiger charge is -2.26. The lowest BCUT2D eigenvalue weighted by molar-refractivity contribution is 0.0948. The molecule has 0 aliphatic carbocycles. The van der Waals surface area contributed by atoms with Crippen LogP contribution in [0.1, 0.15) is 27.2 Å². The molecule has 26 heavy (non-hydrogen) atoms. The fourth-order valence-corrected chi connectivity index (χ4v) is 3.44. The van der Waals surface area contributed by atoms with Crippen LogP contribution in [0, 0.1) is 12.7 Å². The first-order chi connectivity index (χ1) is 12.6. The Labute approximate surface area is 151 Å². The molecule has 0 saturated carbocycles. The second-order valence-electron chi connectivity index (χ2n) is 6.72. The molecule has 132 valence electrons. The van der Waals surface area contributed by atoms with E-state index in [1.807, 2.05) is 12.1 Å². The highest BCUT2D eigenvalue weighted by Gasteiger charge is 2.19. The first kappa shape index (κ1) is 16.7. The van der Waals surface area contributed by atoms with E-state index in [0.29, 0.717) is 23.3 Å². The molecule has 1 atom stereocenters. The minimum Gasteiger partial charge on any atom is -0.350 e. The van der Waals surface area contributed by atoms with Gasteiger partial charge in [-0.15, -0.1) is 0 Å². The molecule has 1 aliphatic heterocycles. The van der Waals surface area contributed by atoms with Gasteiger partial charge in [-0.05, 0) is 42.7 Å². The molecule has 0 radical (unpaired) electrons. The van der Waals surface area contributed by atoms with Gasteiger partial charge in [0.05, 0.1) is 16.8 Å². The third kappa shape index (κ3) is 3.30. The lowest BCUT2D eigenvalue weighted by Crippen LogP contribution is -2.44. The summed E-state index contributed by atoms with van der Waals surface area (Å²) < 4.78 is 13.3. The zero-order valence-corrected chi connectivity index (χ0v) is 14.6. The first-order valence-corrected chi connectivity index (χ1v) is 8.75. The van der Waals surface area contributed by atoms with E-state index in [9.17, 15) is 9.18 Å². The summed E-state index contributed by atoms with van der Waals surface area (Å²) in [6.45, 7) is 3.14. The molecular formula is C21H20FN3O. The molecule has 4 rings (SSSR count). The Morgan fingerprint density at radius 1 is 1.23 bits per heavy atom. The van der Waals surface area contributed by atoms with Gasteiger partial charge < -0.3 is 10.6 Å². The molecule has 1 aromatic heterocycles. The predicted molar refractivity (Wildman–Crippen MR) is 99.5 cm³/mol. The SMILES string of the molecule is Cc1nc2cc(F)ccc2cc1C(=O)NCC1Cc2ccccc2CN1. The van der Waals surface area contributed by atoms with E-state index in [0.717, 1.165) is 18.4 Å². The van der Waals surface area contributed by atoms with Crippen molar-refractivity contribution < 1.29 is 9.18 Å². The number of fused-ring (bicyclic) bond motifs is 2. The van der Waals surface area contributed by atoms with E-state index in [2.05, 4.69) is 27.8 Å². The molecule has 2 aromatic carbocycles. The van der Waals surface area contributed by atoms with E-state index in [1.165, 1.54) is 23.3 Å². The average molecular weight is 349 g/mol. The number of amides is 1. The summed E-state index contributed by atoms with van der Waals surface area (Å²) in [5.41, 5.74) is 4.33. The fourth-order valence-electron chi connectivity index (χ4n) is 3.44. The van der Waals surface area contributed by atoms with Crippen LogP contribution in [0.15, 0.2) is 48.5 Å². The Hall–Kier alpha value is -2.79. The molecule has 3 aromatic rings. The normalized spacial score (nSPS) is 16.3. The highest BCUT2D eigenvalue weighted by atomic mass is 19.1. The summed E-state index contributed by atoms with van der Waals surface area (Å²) in [6, 6.07) is 14.8. The number of benzene rings is 2. The quantitative estimate of drug-likeness (QED) is 0.764. The molecule has 1 aliphatic rings. The number of aromatic nitrogens is 1. The van der Waals surface area contributed by atoms with Crippen LogP contribution in [0.25, 0.3) is 10.9 Å². The van der Waals surface area contributed by atoms with Gasteiger partial charge in [0.1, 0.15) is 5.82 Å². The first-order valence-electron chi connectivity index (χ1n) is 8.75. The van der Waals surface area contributed by atoms with Crippen molar-refractivity contribution in [2.75, 3.05) is 6.54 Å². The van der Waals surface area contributed by atoms with Gasteiger partial charge in [0.25, 0.3) is 5.91 Å². The Kier molecular flexibility index (Phi) is 4.39. The minimum absolute atomic E-state index is 0.151. The van der Waals surface area contributed by atoms with E-state index >= 15 is 0 Å². The van der Waals surface area contributed by atoms with Gasteiger partial charge in [-0.2, -0.15) is 0 Å². The highest BCUT2D eigenvalue weighted by molar-refractivity contribution is 5.98.